The van der Waals surface area contributed by atoms with Crippen LogP contribution in [0.15, 0.2) is 30.2 Å². The standard InChI is InChI=1S/C10H10N4OS/c15-7-9-11-1-2-13(9)5-8-6-14-3-4-16-10(14)12-8/h1-4,6,15H,5,7H2. The SMILES string of the molecule is OCc1nccn1Cc1cn2ccsc2n1. The zero-order chi connectivity index (χ0) is 11.0. The Bertz CT molecular complexity index is 580. The highest BCUT2D eigenvalue weighted by Crippen LogP contribution is 2.12. The lowest BCUT2D eigenvalue weighted by Crippen LogP contribution is -2.04. The van der Waals surface area contributed by atoms with Crippen molar-refractivity contribution in [1.82, 2.24) is 18.9 Å². The molecule has 0 fully saturated rings. The zero-order valence-corrected chi connectivity index (χ0v) is 9.26. The maximum atomic E-state index is 9.08. The van der Waals surface area contributed by atoms with Gasteiger partial charge in [-0.1, -0.05) is 0 Å². The second-order valence-electron chi connectivity index (χ2n) is 3.45. The first-order valence-corrected chi connectivity index (χ1v) is 5.77. The average molecular weight is 234 g/mol. The van der Waals surface area contributed by atoms with Crippen LogP contribution in [0, 0.1) is 0 Å². The summed E-state index contributed by atoms with van der Waals surface area (Å²) in [6.07, 6.45) is 7.51. The number of rotatable bonds is 3. The normalized spacial score (nSPS) is 11.3. The van der Waals surface area contributed by atoms with E-state index < -0.39 is 0 Å². The van der Waals surface area contributed by atoms with E-state index in [0.29, 0.717) is 12.4 Å². The van der Waals surface area contributed by atoms with Gasteiger partial charge < -0.3 is 9.67 Å². The molecule has 3 heterocycles. The van der Waals surface area contributed by atoms with Crippen molar-refractivity contribution in [3.8, 4) is 0 Å². The molecule has 1 N–H and O–H groups in total. The second-order valence-corrected chi connectivity index (χ2v) is 4.33. The number of imidazole rings is 2. The molecule has 0 unspecified atom stereocenters. The van der Waals surface area contributed by atoms with Crippen molar-refractivity contribution >= 4 is 16.3 Å². The molecule has 0 saturated carbocycles. The highest BCUT2D eigenvalue weighted by atomic mass is 32.1. The molecule has 0 amide bonds. The van der Waals surface area contributed by atoms with Crippen LogP contribution in [-0.4, -0.2) is 24.0 Å². The van der Waals surface area contributed by atoms with Gasteiger partial charge in [0.25, 0.3) is 0 Å². The Labute approximate surface area is 95.6 Å². The van der Waals surface area contributed by atoms with E-state index in [1.54, 1.807) is 17.5 Å². The van der Waals surface area contributed by atoms with E-state index in [2.05, 4.69) is 9.97 Å². The number of aliphatic hydroxyl groups is 1. The quantitative estimate of drug-likeness (QED) is 0.739. The van der Waals surface area contributed by atoms with Gasteiger partial charge in [-0.2, -0.15) is 0 Å². The van der Waals surface area contributed by atoms with Gasteiger partial charge in [0.1, 0.15) is 12.4 Å². The summed E-state index contributed by atoms with van der Waals surface area (Å²) in [6, 6.07) is 0. The summed E-state index contributed by atoms with van der Waals surface area (Å²) in [5, 5.41) is 11.1. The van der Waals surface area contributed by atoms with Gasteiger partial charge >= 0.3 is 0 Å². The molecule has 5 nitrogen and oxygen atoms in total. The molecule has 82 valence electrons. The minimum atomic E-state index is -0.0464. The van der Waals surface area contributed by atoms with Gasteiger partial charge in [0, 0.05) is 30.2 Å². The molecule has 0 aliphatic rings. The van der Waals surface area contributed by atoms with E-state index >= 15 is 0 Å². The number of fused-ring (bicyclic) bond motifs is 1. The van der Waals surface area contributed by atoms with Gasteiger partial charge in [-0.15, -0.1) is 11.3 Å². The average Bonchev–Trinajstić information content (AvgIpc) is 2.92. The molecule has 0 aliphatic heterocycles. The number of hydrogen-bond donors (Lipinski definition) is 1. The van der Waals surface area contributed by atoms with Crippen LogP contribution in [0.25, 0.3) is 4.96 Å². The van der Waals surface area contributed by atoms with Crippen LogP contribution in [0.5, 0.6) is 0 Å². The van der Waals surface area contributed by atoms with Crippen LogP contribution in [0.1, 0.15) is 11.5 Å². The van der Waals surface area contributed by atoms with Crippen LogP contribution in [0.4, 0.5) is 0 Å². The summed E-state index contributed by atoms with van der Waals surface area (Å²) in [4.78, 5) is 9.51. The molecule has 3 rings (SSSR count). The summed E-state index contributed by atoms with van der Waals surface area (Å²) in [5.41, 5.74) is 0.972. The molecule has 0 radical (unpaired) electrons. The highest BCUT2D eigenvalue weighted by molar-refractivity contribution is 7.15. The van der Waals surface area contributed by atoms with Crippen LogP contribution >= 0.6 is 11.3 Å². The molecule has 3 aromatic heterocycles. The molecule has 0 aromatic carbocycles. The maximum absolute atomic E-state index is 9.08. The van der Waals surface area contributed by atoms with Crippen molar-refractivity contribution < 1.29 is 5.11 Å². The topological polar surface area (TPSA) is 55.4 Å². The van der Waals surface area contributed by atoms with E-state index in [4.69, 9.17) is 5.11 Å². The van der Waals surface area contributed by atoms with Crippen molar-refractivity contribution in [1.29, 1.82) is 0 Å². The predicted molar refractivity (Wildman–Crippen MR) is 60.3 cm³/mol. The monoisotopic (exact) mass is 234 g/mol. The van der Waals surface area contributed by atoms with Crippen molar-refractivity contribution in [2.24, 2.45) is 0 Å². The lowest BCUT2D eigenvalue weighted by atomic mass is 10.4. The van der Waals surface area contributed by atoms with Crippen molar-refractivity contribution in [3.63, 3.8) is 0 Å². The molecule has 16 heavy (non-hydrogen) atoms. The van der Waals surface area contributed by atoms with E-state index in [-0.39, 0.29) is 6.61 Å². The van der Waals surface area contributed by atoms with Crippen molar-refractivity contribution in [2.75, 3.05) is 0 Å². The molecular formula is C10H10N4OS. The summed E-state index contributed by atoms with van der Waals surface area (Å²) in [7, 11) is 0. The fourth-order valence-electron chi connectivity index (χ4n) is 1.66. The Morgan fingerprint density at radius 2 is 2.31 bits per heavy atom. The maximum Gasteiger partial charge on any atom is 0.193 e. The van der Waals surface area contributed by atoms with Crippen LogP contribution in [-0.2, 0) is 13.2 Å². The van der Waals surface area contributed by atoms with Crippen LogP contribution in [0.3, 0.4) is 0 Å². The Kier molecular flexibility index (Phi) is 2.23. The van der Waals surface area contributed by atoms with E-state index in [0.717, 1.165) is 10.7 Å². The fraction of sp³-hybridized carbons (Fsp3) is 0.200. The predicted octanol–water partition coefficient (Wildman–Crippen LogP) is 1.13. The van der Waals surface area contributed by atoms with E-state index in [9.17, 15) is 0 Å². The number of nitrogens with zero attached hydrogens (tertiary/aromatic N) is 4. The van der Waals surface area contributed by atoms with Gasteiger partial charge in [0.05, 0.1) is 12.2 Å². The lowest BCUT2D eigenvalue weighted by Gasteiger charge is -2.02. The Morgan fingerprint density at radius 1 is 1.38 bits per heavy atom. The molecule has 0 aliphatic carbocycles. The van der Waals surface area contributed by atoms with E-state index in [1.165, 1.54) is 0 Å². The first kappa shape index (κ1) is 9.56. The largest absolute Gasteiger partial charge is 0.388 e. The highest BCUT2D eigenvalue weighted by Gasteiger charge is 2.06. The lowest BCUT2D eigenvalue weighted by molar-refractivity contribution is 0.266. The number of hydrogen-bond acceptors (Lipinski definition) is 4. The molecule has 0 atom stereocenters. The van der Waals surface area contributed by atoms with E-state index in [1.807, 2.05) is 32.9 Å². The van der Waals surface area contributed by atoms with Crippen molar-refractivity contribution in [3.05, 3.63) is 41.7 Å². The number of thiazole rings is 1. The van der Waals surface area contributed by atoms with Gasteiger partial charge in [-0.3, -0.25) is 4.40 Å². The Hall–Kier alpha value is -1.66. The summed E-state index contributed by atoms with van der Waals surface area (Å²) >= 11 is 1.61. The molecule has 0 saturated heterocycles. The molecule has 0 bridgehead atoms. The van der Waals surface area contributed by atoms with Gasteiger partial charge in [0.15, 0.2) is 4.96 Å². The smallest absolute Gasteiger partial charge is 0.193 e. The minimum Gasteiger partial charge on any atom is -0.388 e. The van der Waals surface area contributed by atoms with Gasteiger partial charge in [-0.05, 0) is 0 Å². The molecule has 6 heteroatoms. The number of aromatic nitrogens is 4. The third-order valence-electron chi connectivity index (χ3n) is 2.42. The second kappa shape index (κ2) is 3.73. The Morgan fingerprint density at radius 3 is 3.12 bits per heavy atom. The summed E-state index contributed by atoms with van der Waals surface area (Å²) < 4.78 is 3.89. The molecule has 0 spiro atoms. The van der Waals surface area contributed by atoms with Gasteiger partial charge in [-0.25, -0.2) is 9.97 Å². The fourth-order valence-corrected chi connectivity index (χ4v) is 2.38. The molecular weight excluding hydrogens is 224 g/mol. The first-order valence-electron chi connectivity index (χ1n) is 4.89. The third-order valence-corrected chi connectivity index (χ3v) is 3.19. The van der Waals surface area contributed by atoms with Crippen LogP contribution in [0.2, 0.25) is 0 Å². The van der Waals surface area contributed by atoms with Crippen LogP contribution < -0.4 is 0 Å². The minimum absolute atomic E-state index is 0.0464. The van der Waals surface area contributed by atoms with Crippen molar-refractivity contribution in [2.45, 2.75) is 13.2 Å². The molecule has 3 aromatic rings. The Balaban J connectivity index is 1.92. The number of aliphatic hydroxyl groups excluding tert-OH is 1. The summed E-state index contributed by atoms with van der Waals surface area (Å²) in [5.74, 6) is 0.663. The zero-order valence-electron chi connectivity index (χ0n) is 8.45. The first-order chi connectivity index (χ1) is 7.86. The summed E-state index contributed by atoms with van der Waals surface area (Å²) in [6.45, 7) is 0.597. The third kappa shape index (κ3) is 1.52. The van der Waals surface area contributed by atoms with Gasteiger partial charge in [0.2, 0.25) is 0 Å².